The van der Waals surface area contributed by atoms with Gasteiger partial charge in [0, 0.05) is 70.8 Å². The Morgan fingerprint density at radius 1 is 1.08 bits per heavy atom. The van der Waals surface area contributed by atoms with Crippen molar-refractivity contribution < 1.29 is 4.39 Å². The fraction of sp³-hybridized carbons (Fsp3) is 0.474. The normalized spacial score (nSPS) is 19.5. The molecule has 1 aromatic carbocycles. The number of aromatic nitrogens is 2. The molecule has 0 saturated carbocycles. The molecule has 2 fully saturated rings. The number of piperazine rings is 1. The van der Waals surface area contributed by atoms with E-state index in [4.69, 9.17) is 0 Å². The van der Waals surface area contributed by atoms with Gasteiger partial charge >= 0.3 is 0 Å². The van der Waals surface area contributed by atoms with Gasteiger partial charge in [0.2, 0.25) is 0 Å². The fourth-order valence-corrected chi connectivity index (χ4v) is 3.78. The summed E-state index contributed by atoms with van der Waals surface area (Å²) >= 11 is 0. The minimum Gasteiger partial charge on any atom is -0.369 e. The first-order valence-corrected chi connectivity index (χ1v) is 9.07. The monoisotopic (exact) mass is 357 g/mol. The van der Waals surface area contributed by atoms with Crippen LogP contribution in [-0.4, -0.2) is 64.7 Å². The Balaban J connectivity index is 1.26. The molecule has 2 aliphatic heterocycles. The van der Waals surface area contributed by atoms with E-state index in [1.54, 1.807) is 17.8 Å². The van der Waals surface area contributed by atoms with Gasteiger partial charge < -0.3 is 9.47 Å². The smallest absolute Gasteiger partial charge is 0.268 e. The fourth-order valence-electron chi connectivity index (χ4n) is 3.78. The number of nitrogens with zero attached hydrogens (tertiary/aromatic N) is 5. The van der Waals surface area contributed by atoms with Crippen LogP contribution in [0.3, 0.4) is 0 Å². The van der Waals surface area contributed by atoms with Crippen molar-refractivity contribution in [2.75, 3.05) is 44.2 Å². The van der Waals surface area contributed by atoms with Gasteiger partial charge in [-0.15, -0.1) is 0 Å². The Kier molecular flexibility index (Phi) is 4.74. The standard InChI is InChI=1S/C19H24FN5O/c1-22-17(10-21-11-19(22)26)12-23-13-18(14-23)25-8-6-24(7-9-25)16-4-2-15(20)3-5-16/h2-5,10-11,18H,6-9,12-14H2,1H3. The zero-order chi connectivity index (χ0) is 18.1. The molecule has 2 aromatic rings. The molecule has 2 saturated heterocycles. The summed E-state index contributed by atoms with van der Waals surface area (Å²) in [6, 6.07) is 7.34. The second-order valence-electron chi connectivity index (χ2n) is 7.14. The first kappa shape index (κ1) is 17.2. The summed E-state index contributed by atoms with van der Waals surface area (Å²) in [5.74, 6) is -0.187. The van der Waals surface area contributed by atoms with Gasteiger partial charge in [0.15, 0.2) is 0 Å². The van der Waals surface area contributed by atoms with Crippen molar-refractivity contribution in [1.29, 1.82) is 0 Å². The molecule has 26 heavy (non-hydrogen) atoms. The van der Waals surface area contributed by atoms with Crippen molar-refractivity contribution in [1.82, 2.24) is 19.4 Å². The topological polar surface area (TPSA) is 44.6 Å². The summed E-state index contributed by atoms with van der Waals surface area (Å²) in [7, 11) is 1.80. The number of halogens is 1. The molecule has 0 spiro atoms. The molecule has 2 aliphatic rings. The molecule has 0 radical (unpaired) electrons. The second-order valence-corrected chi connectivity index (χ2v) is 7.14. The Hall–Kier alpha value is -2.25. The van der Waals surface area contributed by atoms with Crippen LogP contribution >= 0.6 is 0 Å². The van der Waals surface area contributed by atoms with Crippen molar-refractivity contribution in [2.45, 2.75) is 12.6 Å². The molecule has 1 aromatic heterocycles. The lowest BCUT2D eigenvalue weighted by Gasteiger charge is -2.48. The largest absolute Gasteiger partial charge is 0.369 e. The number of benzene rings is 1. The van der Waals surface area contributed by atoms with E-state index in [0.717, 1.165) is 57.2 Å². The van der Waals surface area contributed by atoms with Crippen LogP contribution in [0.5, 0.6) is 0 Å². The number of likely N-dealkylation sites (tertiary alicyclic amines) is 1. The predicted octanol–water partition coefficient (Wildman–Crippen LogP) is 0.926. The lowest BCUT2D eigenvalue weighted by atomic mass is 10.1. The summed E-state index contributed by atoms with van der Waals surface area (Å²) in [6.07, 6.45) is 3.12. The van der Waals surface area contributed by atoms with Crippen LogP contribution in [0.1, 0.15) is 5.69 Å². The van der Waals surface area contributed by atoms with E-state index < -0.39 is 0 Å². The van der Waals surface area contributed by atoms with Gasteiger partial charge in [-0.1, -0.05) is 0 Å². The van der Waals surface area contributed by atoms with Gasteiger partial charge in [-0.25, -0.2) is 4.39 Å². The Morgan fingerprint density at radius 3 is 2.46 bits per heavy atom. The van der Waals surface area contributed by atoms with E-state index in [2.05, 4.69) is 19.7 Å². The summed E-state index contributed by atoms with van der Waals surface area (Å²) in [6.45, 7) is 6.83. The van der Waals surface area contributed by atoms with Crippen LogP contribution in [0.4, 0.5) is 10.1 Å². The van der Waals surface area contributed by atoms with Crippen molar-refractivity contribution >= 4 is 5.69 Å². The minimum absolute atomic E-state index is 0.0588. The van der Waals surface area contributed by atoms with Crippen LogP contribution in [0.25, 0.3) is 0 Å². The molecular formula is C19H24FN5O. The SMILES string of the molecule is Cn1c(CN2CC(N3CCN(c4ccc(F)cc4)CC3)C2)cncc1=O. The third-order valence-corrected chi connectivity index (χ3v) is 5.52. The second kappa shape index (κ2) is 7.17. The van der Waals surface area contributed by atoms with E-state index in [-0.39, 0.29) is 11.4 Å². The van der Waals surface area contributed by atoms with Crippen molar-refractivity contribution in [2.24, 2.45) is 7.05 Å². The number of hydrogen-bond acceptors (Lipinski definition) is 5. The lowest BCUT2D eigenvalue weighted by Crippen LogP contribution is -2.62. The summed E-state index contributed by atoms with van der Waals surface area (Å²) in [5, 5.41) is 0. The van der Waals surface area contributed by atoms with E-state index in [1.165, 1.54) is 18.3 Å². The third kappa shape index (κ3) is 3.50. The van der Waals surface area contributed by atoms with Gasteiger partial charge in [0.25, 0.3) is 5.56 Å². The van der Waals surface area contributed by atoms with Gasteiger partial charge in [-0.05, 0) is 24.3 Å². The summed E-state index contributed by atoms with van der Waals surface area (Å²) < 4.78 is 14.7. The highest BCUT2D eigenvalue weighted by Gasteiger charge is 2.33. The molecule has 6 nitrogen and oxygen atoms in total. The van der Waals surface area contributed by atoms with Gasteiger partial charge in [0.05, 0.1) is 11.9 Å². The molecule has 0 aliphatic carbocycles. The quantitative estimate of drug-likeness (QED) is 0.815. The molecular weight excluding hydrogens is 333 g/mol. The first-order chi connectivity index (χ1) is 12.6. The molecule has 0 bridgehead atoms. The van der Waals surface area contributed by atoms with Crippen molar-refractivity contribution in [3.05, 3.63) is 58.5 Å². The zero-order valence-corrected chi connectivity index (χ0v) is 15.0. The van der Waals surface area contributed by atoms with Crippen molar-refractivity contribution in [3.8, 4) is 0 Å². The number of rotatable bonds is 4. The average molecular weight is 357 g/mol. The molecule has 0 N–H and O–H groups in total. The summed E-state index contributed by atoms with van der Waals surface area (Å²) in [4.78, 5) is 22.9. The molecule has 0 unspecified atom stereocenters. The maximum Gasteiger partial charge on any atom is 0.268 e. The van der Waals surface area contributed by atoms with Gasteiger partial charge in [-0.2, -0.15) is 0 Å². The number of anilines is 1. The van der Waals surface area contributed by atoms with E-state index in [1.807, 2.05) is 12.1 Å². The lowest BCUT2D eigenvalue weighted by molar-refractivity contribution is 0.0241. The highest BCUT2D eigenvalue weighted by molar-refractivity contribution is 5.46. The van der Waals surface area contributed by atoms with E-state index in [0.29, 0.717) is 6.04 Å². The van der Waals surface area contributed by atoms with Crippen LogP contribution in [-0.2, 0) is 13.6 Å². The average Bonchev–Trinajstić information content (AvgIpc) is 2.62. The van der Waals surface area contributed by atoms with E-state index >= 15 is 0 Å². The predicted molar refractivity (Wildman–Crippen MR) is 98.7 cm³/mol. The highest BCUT2D eigenvalue weighted by atomic mass is 19.1. The molecule has 7 heteroatoms. The number of hydrogen-bond donors (Lipinski definition) is 0. The van der Waals surface area contributed by atoms with Crippen LogP contribution in [0, 0.1) is 5.82 Å². The van der Waals surface area contributed by atoms with Gasteiger partial charge in [0.1, 0.15) is 5.82 Å². The third-order valence-electron chi connectivity index (χ3n) is 5.52. The zero-order valence-electron chi connectivity index (χ0n) is 15.0. The van der Waals surface area contributed by atoms with Gasteiger partial charge in [-0.3, -0.25) is 19.6 Å². The summed E-state index contributed by atoms with van der Waals surface area (Å²) in [5.41, 5.74) is 1.99. The maximum atomic E-state index is 13.1. The first-order valence-electron chi connectivity index (χ1n) is 9.07. The van der Waals surface area contributed by atoms with Crippen molar-refractivity contribution in [3.63, 3.8) is 0 Å². The molecule has 4 rings (SSSR count). The molecule has 0 amide bonds. The Labute approximate surface area is 152 Å². The minimum atomic E-state index is -0.187. The Morgan fingerprint density at radius 2 is 1.77 bits per heavy atom. The highest BCUT2D eigenvalue weighted by Crippen LogP contribution is 2.22. The van der Waals surface area contributed by atoms with E-state index in [9.17, 15) is 9.18 Å². The van der Waals surface area contributed by atoms with Crippen LogP contribution < -0.4 is 10.5 Å². The van der Waals surface area contributed by atoms with Crippen LogP contribution in [0.2, 0.25) is 0 Å². The molecule has 0 atom stereocenters. The Bertz CT molecular complexity index is 807. The maximum absolute atomic E-state index is 13.1. The molecule has 3 heterocycles. The van der Waals surface area contributed by atoms with Crippen LogP contribution in [0.15, 0.2) is 41.5 Å². The molecule has 138 valence electrons.